The van der Waals surface area contributed by atoms with Gasteiger partial charge in [0.1, 0.15) is 12.7 Å². The molecular formula is C18H18ClN5O. The standard InChI is InChI=1S/C18H18ClN5O/c1-13-2-7-16(8-17(13)19)23-18(25)21-9-14-3-5-15(6-4-14)10-24-12-20-11-22-24/h2-8,11-12H,9-10H2,1H3,(H2,21,23,25). The average Bonchev–Trinajstić information content (AvgIpc) is 3.11. The number of aryl methyl sites for hydroxylation is 1. The van der Waals surface area contributed by atoms with Gasteiger partial charge in [0, 0.05) is 17.3 Å². The number of nitrogens with zero attached hydrogens (tertiary/aromatic N) is 3. The van der Waals surface area contributed by atoms with Gasteiger partial charge in [0.05, 0.1) is 6.54 Å². The highest BCUT2D eigenvalue weighted by atomic mass is 35.5. The maximum Gasteiger partial charge on any atom is 0.319 e. The molecule has 3 aromatic rings. The molecule has 25 heavy (non-hydrogen) atoms. The fraction of sp³-hybridized carbons (Fsp3) is 0.167. The van der Waals surface area contributed by atoms with Crippen LogP contribution >= 0.6 is 11.6 Å². The van der Waals surface area contributed by atoms with E-state index in [4.69, 9.17) is 11.6 Å². The Labute approximate surface area is 150 Å². The van der Waals surface area contributed by atoms with Crippen molar-refractivity contribution in [2.75, 3.05) is 5.32 Å². The lowest BCUT2D eigenvalue weighted by molar-refractivity contribution is 0.251. The molecule has 128 valence electrons. The minimum Gasteiger partial charge on any atom is -0.334 e. The van der Waals surface area contributed by atoms with Crippen molar-refractivity contribution >= 4 is 23.3 Å². The SMILES string of the molecule is Cc1ccc(NC(=O)NCc2ccc(Cn3cncn3)cc2)cc1Cl. The van der Waals surface area contributed by atoms with Gasteiger partial charge in [-0.3, -0.25) is 0 Å². The molecule has 1 heterocycles. The lowest BCUT2D eigenvalue weighted by Gasteiger charge is -2.09. The summed E-state index contributed by atoms with van der Waals surface area (Å²) in [6, 6.07) is 13.1. The molecule has 1 aromatic heterocycles. The van der Waals surface area contributed by atoms with Crippen LogP contribution in [0.15, 0.2) is 55.1 Å². The van der Waals surface area contributed by atoms with E-state index in [9.17, 15) is 4.79 Å². The quantitative estimate of drug-likeness (QED) is 0.734. The van der Waals surface area contributed by atoms with E-state index in [1.54, 1.807) is 17.1 Å². The number of amides is 2. The highest BCUT2D eigenvalue weighted by Gasteiger charge is 2.04. The lowest BCUT2D eigenvalue weighted by Crippen LogP contribution is -2.28. The van der Waals surface area contributed by atoms with Crippen LogP contribution in [0, 0.1) is 6.92 Å². The topological polar surface area (TPSA) is 71.8 Å². The number of carbonyl (C=O) groups excluding carboxylic acids is 1. The van der Waals surface area contributed by atoms with E-state index in [1.165, 1.54) is 6.33 Å². The summed E-state index contributed by atoms with van der Waals surface area (Å²) in [5, 5.41) is 10.3. The van der Waals surface area contributed by atoms with E-state index >= 15 is 0 Å². The predicted molar refractivity (Wildman–Crippen MR) is 97.6 cm³/mol. The van der Waals surface area contributed by atoms with Crippen LogP contribution < -0.4 is 10.6 Å². The third kappa shape index (κ3) is 4.81. The van der Waals surface area contributed by atoms with Gasteiger partial charge in [-0.15, -0.1) is 0 Å². The maximum atomic E-state index is 12.0. The smallest absolute Gasteiger partial charge is 0.319 e. The second kappa shape index (κ2) is 7.81. The summed E-state index contributed by atoms with van der Waals surface area (Å²) in [5.41, 5.74) is 3.77. The van der Waals surface area contributed by atoms with E-state index in [0.29, 0.717) is 23.8 Å². The highest BCUT2D eigenvalue weighted by Crippen LogP contribution is 2.19. The van der Waals surface area contributed by atoms with E-state index in [0.717, 1.165) is 16.7 Å². The molecule has 0 unspecified atom stereocenters. The molecule has 0 aliphatic heterocycles. The summed E-state index contributed by atoms with van der Waals surface area (Å²) in [4.78, 5) is 15.9. The summed E-state index contributed by atoms with van der Waals surface area (Å²) in [6.45, 7) is 3.02. The van der Waals surface area contributed by atoms with Crippen molar-refractivity contribution in [1.29, 1.82) is 0 Å². The first kappa shape index (κ1) is 17.0. The van der Waals surface area contributed by atoms with E-state index < -0.39 is 0 Å². The number of nitrogens with one attached hydrogen (secondary N) is 2. The molecule has 0 atom stereocenters. The summed E-state index contributed by atoms with van der Waals surface area (Å²) >= 11 is 6.05. The zero-order valence-corrected chi connectivity index (χ0v) is 14.5. The minimum absolute atomic E-state index is 0.272. The van der Waals surface area contributed by atoms with E-state index in [2.05, 4.69) is 20.7 Å². The number of hydrogen-bond donors (Lipinski definition) is 2. The lowest BCUT2D eigenvalue weighted by atomic mass is 10.1. The van der Waals surface area contributed by atoms with Gasteiger partial charge in [-0.2, -0.15) is 5.10 Å². The van der Waals surface area contributed by atoms with Crippen LogP contribution in [-0.4, -0.2) is 20.8 Å². The second-order valence-corrected chi connectivity index (χ2v) is 6.09. The monoisotopic (exact) mass is 355 g/mol. The molecule has 0 saturated heterocycles. The number of anilines is 1. The Morgan fingerprint density at radius 3 is 2.60 bits per heavy atom. The van der Waals surface area contributed by atoms with Gasteiger partial charge >= 0.3 is 6.03 Å². The van der Waals surface area contributed by atoms with Crippen LogP contribution in [0.4, 0.5) is 10.5 Å². The number of halogens is 1. The van der Waals surface area contributed by atoms with Gasteiger partial charge in [0.2, 0.25) is 0 Å². The van der Waals surface area contributed by atoms with Crippen LogP contribution in [-0.2, 0) is 13.1 Å². The second-order valence-electron chi connectivity index (χ2n) is 5.68. The fourth-order valence-electron chi connectivity index (χ4n) is 2.29. The van der Waals surface area contributed by atoms with Crippen molar-refractivity contribution in [3.8, 4) is 0 Å². The normalized spacial score (nSPS) is 10.5. The van der Waals surface area contributed by atoms with Gasteiger partial charge in [-0.05, 0) is 35.7 Å². The zero-order valence-electron chi connectivity index (χ0n) is 13.7. The number of urea groups is 1. The molecule has 2 amide bonds. The van der Waals surface area contributed by atoms with Gasteiger partial charge in [0.15, 0.2) is 0 Å². The van der Waals surface area contributed by atoms with Crippen molar-refractivity contribution in [3.63, 3.8) is 0 Å². The van der Waals surface area contributed by atoms with Gasteiger partial charge in [-0.1, -0.05) is 41.9 Å². The van der Waals surface area contributed by atoms with E-state index in [-0.39, 0.29) is 6.03 Å². The number of carbonyl (C=O) groups is 1. The fourth-order valence-corrected chi connectivity index (χ4v) is 2.47. The predicted octanol–water partition coefficient (Wildman–Crippen LogP) is 3.61. The summed E-state index contributed by atoms with van der Waals surface area (Å²) < 4.78 is 1.76. The molecule has 3 rings (SSSR count). The molecule has 0 aliphatic carbocycles. The molecule has 0 spiro atoms. The van der Waals surface area contributed by atoms with Crippen molar-refractivity contribution in [2.45, 2.75) is 20.0 Å². The van der Waals surface area contributed by atoms with Crippen LogP contribution in [0.5, 0.6) is 0 Å². The summed E-state index contributed by atoms with van der Waals surface area (Å²) in [6.07, 6.45) is 3.19. The first-order valence-corrected chi connectivity index (χ1v) is 8.19. The van der Waals surface area contributed by atoms with Crippen LogP contribution in [0.25, 0.3) is 0 Å². The Morgan fingerprint density at radius 1 is 1.16 bits per heavy atom. The van der Waals surface area contributed by atoms with Crippen LogP contribution in [0.3, 0.4) is 0 Å². The van der Waals surface area contributed by atoms with Crippen LogP contribution in [0.2, 0.25) is 5.02 Å². The van der Waals surface area contributed by atoms with Crippen LogP contribution in [0.1, 0.15) is 16.7 Å². The van der Waals surface area contributed by atoms with Crippen molar-refractivity contribution in [1.82, 2.24) is 20.1 Å². The molecule has 0 aliphatic rings. The molecule has 2 N–H and O–H groups in total. The van der Waals surface area contributed by atoms with Gasteiger partial charge < -0.3 is 10.6 Å². The Bertz CT molecular complexity index is 846. The number of rotatable bonds is 5. The Hall–Kier alpha value is -2.86. The van der Waals surface area contributed by atoms with Crippen molar-refractivity contribution in [3.05, 3.63) is 76.8 Å². The van der Waals surface area contributed by atoms with E-state index in [1.807, 2.05) is 43.3 Å². The first-order chi connectivity index (χ1) is 12.1. The average molecular weight is 356 g/mol. The van der Waals surface area contributed by atoms with Crippen molar-refractivity contribution < 1.29 is 4.79 Å². The Balaban J connectivity index is 1.50. The Kier molecular flexibility index (Phi) is 5.30. The number of benzene rings is 2. The first-order valence-electron chi connectivity index (χ1n) is 7.81. The highest BCUT2D eigenvalue weighted by molar-refractivity contribution is 6.31. The molecule has 6 nitrogen and oxygen atoms in total. The number of hydrogen-bond acceptors (Lipinski definition) is 3. The van der Waals surface area contributed by atoms with Gasteiger partial charge in [0.25, 0.3) is 0 Å². The summed E-state index contributed by atoms with van der Waals surface area (Å²) in [7, 11) is 0. The van der Waals surface area contributed by atoms with Gasteiger partial charge in [-0.25, -0.2) is 14.5 Å². The molecule has 0 radical (unpaired) electrons. The largest absolute Gasteiger partial charge is 0.334 e. The third-order valence-electron chi connectivity index (χ3n) is 3.72. The van der Waals surface area contributed by atoms with Crippen molar-refractivity contribution in [2.24, 2.45) is 0 Å². The number of aromatic nitrogens is 3. The Morgan fingerprint density at radius 2 is 1.92 bits per heavy atom. The molecule has 0 saturated carbocycles. The molecule has 0 fully saturated rings. The molecule has 2 aromatic carbocycles. The minimum atomic E-state index is -0.272. The zero-order chi connectivity index (χ0) is 17.6. The maximum absolute atomic E-state index is 12.0. The molecular weight excluding hydrogens is 338 g/mol. The molecule has 0 bridgehead atoms. The molecule has 7 heteroatoms. The summed E-state index contributed by atoms with van der Waals surface area (Å²) in [5.74, 6) is 0. The third-order valence-corrected chi connectivity index (χ3v) is 4.12.